The quantitative estimate of drug-likeness (QED) is 0.739. The van der Waals surface area contributed by atoms with E-state index in [1.807, 2.05) is 0 Å². The van der Waals surface area contributed by atoms with E-state index in [-0.39, 0.29) is 0 Å². The molecule has 0 aromatic carbocycles. The monoisotopic (exact) mass is 334 g/mol. The molecule has 3 fully saturated rings. The van der Waals surface area contributed by atoms with Gasteiger partial charge in [0.1, 0.15) is 0 Å². The normalized spacial score (nSPS) is 43.4. The number of hydrogen-bond acceptors (Lipinski definition) is 2. The van der Waals surface area contributed by atoms with Crippen LogP contribution in [0, 0.1) is 29.6 Å². The molecule has 5 atom stereocenters. The van der Waals surface area contributed by atoms with Crippen LogP contribution in [-0.2, 0) is 9.84 Å². The van der Waals surface area contributed by atoms with Crippen molar-refractivity contribution in [2.75, 3.05) is 16.8 Å². The summed E-state index contributed by atoms with van der Waals surface area (Å²) in [5.74, 6) is 4.76. The van der Waals surface area contributed by atoms with Crippen LogP contribution >= 0.6 is 15.9 Å². The highest BCUT2D eigenvalue weighted by Crippen LogP contribution is 2.51. The van der Waals surface area contributed by atoms with Crippen LogP contribution in [0.25, 0.3) is 0 Å². The highest BCUT2D eigenvalue weighted by atomic mass is 79.9. The van der Waals surface area contributed by atoms with E-state index in [9.17, 15) is 8.42 Å². The second-order valence-corrected chi connectivity index (χ2v) is 9.62. The average Bonchev–Trinajstić information content (AvgIpc) is 3.00. The molecule has 1 saturated heterocycles. The van der Waals surface area contributed by atoms with Gasteiger partial charge in [0.25, 0.3) is 0 Å². The fourth-order valence-electron chi connectivity index (χ4n) is 4.63. The van der Waals surface area contributed by atoms with Crippen molar-refractivity contribution in [3.8, 4) is 0 Å². The summed E-state index contributed by atoms with van der Waals surface area (Å²) in [5.41, 5.74) is 0. The first-order valence-electron chi connectivity index (χ1n) is 7.34. The number of rotatable bonds is 4. The summed E-state index contributed by atoms with van der Waals surface area (Å²) in [4.78, 5) is 0. The average molecular weight is 335 g/mol. The molecule has 5 unspecified atom stereocenters. The first-order valence-corrected chi connectivity index (χ1v) is 10.3. The molecule has 1 heterocycles. The zero-order chi connectivity index (χ0) is 12.8. The Balaban J connectivity index is 1.60. The Labute approximate surface area is 119 Å². The van der Waals surface area contributed by atoms with Crippen molar-refractivity contribution in [1.82, 2.24) is 0 Å². The summed E-state index contributed by atoms with van der Waals surface area (Å²) in [7, 11) is -2.72. The first kappa shape index (κ1) is 13.4. The van der Waals surface area contributed by atoms with Gasteiger partial charge in [0.05, 0.1) is 11.5 Å². The zero-order valence-electron chi connectivity index (χ0n) is 10.9. The molecule has 4 heteroatoms. The lowest BCUT2D eigenvalue weighted by atomic mass is 9.78. The van der Waals surface area contributed by atoms with Crippen molar-refractivity contribution in [1.29, 1.82) is 0 Å². The second kappa shape index (κ2) is 5.08. The van der Waals surface area contributed by atoms with E-state index in [0.29, 0.717) is 23.3 Å². The standard InChI is InChI=1S/C14H23BrO2S/c15-8-14(12-3-4-18(16,17)9-12)7-13-6-10-1-2-11(13)5-10/h10-14H,1-9H2. The van der Waals surface area contributed by atoms with Crippen LogP contribution in [0.4, 0.5) is 0 Å². The fraction of sp³-hybridized carbons (Fsp3) is 1.00. The smallest absolute Gasteiger partial charge is 0.150 e. The molecule has 2 saturated carbocycles. The number of sulfone groups is 1. The van der Waals surface area contributed by atoms with E-state index in [1.165, 1.54) is 32.1 Å². The van der Waals surface area contributed by atoms with Crippen LogP contribution in [0.5, 0.6) is 0 Å². The van der Waals surface area contributed by atoms with E-state index < -0.39 is 9.84 Å². The molecule has 2 aliphatic carbocycles. The van der Waals surface area contributed by atoms with Gasteiger partial charge in [-0.15, -0.1) is 0 Å². The summed E-state index contributed by atoms with van der Waals surface area (Å²) in [5, 5.41) is 0.987. The van der Waals surface area contributed by atoms with E-state index in [4.69, 9.17) is 0 Å². The summed E-state index contributed by atoms with van der Waals surface area (Å²) < 4.78 is 23.2. The van der Waals surface area contributed by atoms with Crippen molar-refractivity contribution in [3.05, 3.63) is 0 Å². The predicted octanol–water partition coefficient (Wildman–Crippen LogP) is 3.26. The molecule has 0 aromatic rings. The Morgan fingerprint density at radius 1 is 1.17 bits per heavy atom. The Kier molecular flexibility index (Phi) is 3.79. The van der Waals surface area contributed by atoms with Crippen LogP contribution in [0.1, 0.15) is 38.5 Å². The second-order valence-electron chi connectivity index (χ2n) is 6.75. The van der Waals surface area contributed by atoms with Crippen LogP contribution in [-0.4, -0.2) is 25.3 Å². The van der Waals surface area contributed by atoms with Gasteiger partial charge in [-0.3, -0.25) is 0 Å². The largest absolute Gasteiger partial charge is 0.229 e. The highest BCUT2D eigenvalue weighted by molar-refractivity contribution is 9.09. The van der Waals surface area contributed by atoms with Crippen LogP contribution in [0.2, 0.25) is 0 Å². The Morgan fingerprint density at radius 3 is 2.50 bits per heavy atom. The van der Waals surface area contributed by atoms with Crippen molar-refractivity contribution in [2.24, 2.45) is 29.6 Å². The van der Waals surface area contributed by atoms with Gasteiger partial charge in [-0.1, -0.05) is 22.4 Å². The van der Waals surface area contributed by atoms with Gasteiger partial charge in [-0.25, -0.2) is 8.42 Å². The maximum absolute atomic E-state index is 11.6. The molecule has 1 aliphatic heterocycles. The minimum absolute atomic E-state index is 0.425. The van der Waals surface area contributed by atoms with Gasteiger partial charge in [0.2, 0.25) is 0 Å². The van der Waals surface area contributed by atoms with E-state index in [2.05, 4.69) is 15.9 Å². The lowest BCUT2D eigenvalue weighted by Gasteiger charge is -2.28. The molecule has 2 nitrogen and oxygen atoms in total. The van der Waals surface area contributed by atoms with E-state index in [1.54, 1.807) is 0 Å². The molecule has 0 radical (unpaired) electrons. The van der Waals surface area contributed by atoms with Gasteiger partial charge < -0.3 is 0 Å². The molecule has 3 aliphatic rings. The highest BCUT2D eigenvalue weighted by Gasteiger charge is 2.42. The minimum Gasteiger partial charge on any atom is -0.229 e. The third-order valence-electron chi connectivity index (χ3n) is 5.62. The first-order chi connectivity index (χ1) is 8.57. The fourth-order valence-corrected chi connectivity index (χ4v) is 7.34. The molecular weight excluding hydrogens is 312 g/mol. The molecule has 0 N–H and O–H groups in total. The topological polar surface area (TPSA) is 34.1 Å². The molecular formula is C14H23BrO2S. The molecule has 18 heavy (non-hydrogen) atoms. The zero-order valence-corrected chi connectivity index (χ0v) is 13.3. The van der Waals surface area contributed by atoms with E-state index in [0.717, 1.165) is 29.5 Å². The van der Waals surface area contributed by atoms with Gasteiger partial charge >= 0.3 is 0 Å². The maximum atomic E-state index is 11.6. The number of alkyl halides is 1. The van der Waals surface area contributed by atoms with Gasteiger partial charge in [-0.2, -0.15) is 0 Å². The Bertz CT molecular complexity index is 406. The third kappa shape index (κ3) is 2.65. The number of halogens is 1. The van der Waals surface area contributed by atoms with Crippen LogP contribution in [0.3, 0.4) is 0 Å². The van der Waals surface area contributed by atoms with Crippen molar-refractivity contribution in [3.63, 3.8) is 0 Å². The van der Waals surface area contributed by atoms with Crippen LogP contribution in [0.15, 0.2) is 0 Å². The van der Waals surface area contributed by atoms with E-state index >= 15 is 0 Å². The molecule has 0 amide bonds. The predicted molar refractivity (Wildman–Crippen MR) is 77.6 cm³/mol. The molecule has 0 aromatic heterocycles. The molecule has 104 valence electrons. The molecule has 0 spiro atoms. The summed E-state index contributed by atoms with van der Waals surface area (Å²) in [6.45, 7) is 0. The van der Waals surface area contributed by atoms with Crippen LogP contribution < -0.4 is 0 Å². The SMILES string of the molecule is O=S1(=O)CCC(C(CBr)CC2CC3CCC2C3)C1. The van der Waals surface area contributed by atoms with Crippen molar-refractivity contribution < 1.29 is 8.42 Å². The maximum Gasteiger partial charge on any atom is 0.150 e. The molecule has 3 rings (SSSR count). The lowest BCUT2D eigenvalue weighted by Crippen LogP contribution is -2.23. The van der Waals surface area contributed by atoms with Crippen molar-refractivity contribution in [2.45, 2.75) is 38.5 Å². The number of fused-ring (bicyclic) bond motifs is 2. The Morgan fingerprint density at radius 2 is 2.00 bits per heavy atom. The van der Waals surface area contributed by atoms with Gasteiger partial charge in [0.15, 0.2) is 9.84 Å². The molecule has 2 bridgehead atoms. The van der Waals surface area contributed by atoms with Gasteiger partial charge in [-0.05, 0) is 61.7 Å². The minimum atomic E-state index is -2.72. The Hall–Kier alpha value is 0.430. The van der Waals surface area contributed by atoms with Crippen molar-refractivity contribution >= 4 is 25.8 Å². The third-order valence-corrected chi connectivity index (χ3v) is 8.25. The lowest BCUT2D eigenvalue weighted by molar-refractivity contribution is 0.243. The summed E-state index contributed by atoms with van der Waals surface area (Å²) in [6.07, 6.45) is 7.95. The van der Waals surface area contributed by atoms with Gasteiger partial charge in [0, 0.05) is 5.33 Å². The summed E-state index contributed by atoms with van der Waals surface area (Å²) >= 11 is 3.63. The summed E-state index contributed by atoms with van der Waals surface area (Å²) in [6, 6.07) is 0. The number of hydrogen-bond donors (Lipinski definition) is 0.